The Morgan fingerprint density at radius 3 is 2.33 bits per heavy atom. The SMILES string of the molecule is CC(C)C(C)(C)OOOC(=O)Oc1ccccc1. The summed E-state index contributed by atoms with van der Waals surface area (Å²) in [6, 6.07) is 8.53. The molecule has 0 N–H and O–H groups in total. The fourth-order valence-electron chi connectivity index (χ4n) is 0.830. The molecule has 5 heteroatoms. The highest BCUT2D eigenvalue weighted by atomic mass is 17.5. The van der Waals surface area contributed by atoms with E-state index < -0.39 is 11.8 Å². The van der Waals surface area contributed by atoms with E-state index in [1.165, 1.54) is 0 Å². The minimum Gasteiger partial charge on any atom is -0.393 e. The number of carbonyl (C=O) groups is 1. The summed E-state index contributed by atoms with van der Waals surface area (Å²) >= 11 is 0. The van der Waals surface area contributed by atoms with Crippen molar-refractivity contribution in [2.75, 3.05) is 0 Å². The molecule has 0 amide bonds. The van der Waals surface area contributed by atoms with Crippen LogP contribution in [0.25, 0.3) is 0 Å². The van der Waals surface area contributed by atoms with Crippen LogP contribution >= 0.6 is 0 Å². The van der Waals surface area contributed by atoms with Gasteiger partial charge < -0.3 is 4.74 Å². The standard InChI is InChI=1S/C13H18O5/c1-10(2)13(3,4)17-18-16-12(14)15-11-8-6-5-7-9-11/h5-10H,1-4H3. The maximum Gasteiger partial charge on any atom is 0.548 e. The van der Waals surface area contributed by atoms with Crippen LogP contribution in [0, 0.1) is 5.92 Å². The van der Waals surface area contributed by atoms with Crippen molar-refractivity contribution in [2.45, 2.75) is 33.3 Å². The molecule has 0 atom stereocenters. The number of hydrogen-bond donors (Lipinski definition) is 0. The van der Waals surface area contributed by atoms with Gasteiger partial charge in [0, 0.05) is 0 Å². The fraction of sp³-hybridized carbons (Fsp3) is 0.462. The van der Waals surface area contributed by atoms with Crippen LogP contribution in [0.4, 0.5) is 4.79 Å². The summed E-state index contributed by atoms with van der Waals surface area (Å²) in [6.07, 6.45) is -0.985. The Bertz CT molecular complexity index is 372. The lowest BCUT2D eigenvalue weighted by atomic mass is 9.95. The van der Waals surface area contributed by atoms with Crippen molar-refractivity contribution in [2.24, 2.45) is 5.92 Å². The van der Waals surface area contributed by atoms with Crippen molar-refractivity contribution in [1.82, 2.24) is 0 Å². The van der Waals surface area contributed by atoms with Gasteiger partial charge in [-0.1, -0.05) is 32.0 Å². The third-order valence-electron chi connectivity index (χ3n) is 2.69. The predicted octanol–water partition coefficient (Wildman–Crippen LogP) is 3.50. The van der Waals surface area contributed by atoms with Gasteiger partial charge in [-0.3, -0.25) is 0 Å². The normalized spacial score (nSPS) is 11.4. The van der Waals surface area contributed by atoms with E-state index in [2.05, 4.69) is 9.93 Å². The molecule has 0 heterocycles. The van der Waals surface area contributed by atoms with Crippen LogP contribution in [0.5, 0.6) is 5.75 Å². The van der Waals surface area contributed by atoms with Gasteiger partial charge in [0.15, 0.2) is 0 Å². The van der Waals surface area contributed by atoms with Crippen molar-refractivity contribution in [3.63, 3.8) is 0 Å². The molecule has 1 aromatic carbocycles. The summed E-state index contributed by atoms with van der Waals surface area (Å²) in [7, 11) is 0. The van der Waals surface area contributed by atoms with E-state index in [1.807, 2.05) is 33.8 Å². The predicted molar refractivity (Wildman–Crippen MR) is 64.6 cm³/mol. The van der Waals surface area contributed by atoms with Crippen molar-refractivity contribution in [3.8, 4) is 5.75 Å². The summed E-state index contributed by atoms with van der Waals surface area (Å²) in [5.41, 5.74) is -0.562. The largest absolute Gasteiger partial charge is 0.548 e. The molecule has 0 spiro atoms. The molecule has 0 fully saturated rings. The Balaban J connectivity index is 2.30. The summed E-state index contributed by atoms with van der Waals surface area (Å²) in [6.45, 7) is 7.57. The van der Waals surface area contributed by atoms with E-state index in [0.29, 0.717) is 5.75 Å². The topological polar surface area (TPSA) is 54.0 Å². The van der Waals surface area contributed by atoms with Crippen molar-refractivity contribution in [1.29, 1.82) is 0 Å². The van der Waals surface area contributed by atoms with E-state index in [1.54, 1.807) is 24.3 Å². The van der Waals surface area contributed by atoms with Crippen LogP contribution in [0.1, 0.15) is 27.7 Å². The average molecular weight is 254 g/mol. The molecule has 100 valence electrons. The summed E-state index contributed by atoms with van der Waals surface area (Å²) in [5.74, 6) is 0.570. The van der Waals surface area contributed by atoms with E-state index in [0.717, 1.165) is 0 Å². The molecule has 0 aliphatic carbocycles. The smallest absolute Gasteiger partial charge is 0.393 e. The Hall–Kier alpha value is -1.59. The first-order valence-corrected chi connectivity index (χ1v) is 5.71. The molecule has 0 unspecified atom stereocenters. The molecule has 1 aromatic rings. The molecule has 0 saturated carbocycles. The Morgan fingerprint density at radius 1 is 1.17 bits per heavy atom. The first-order chi connectivity index (χ1) is 8.42. The van der Waals surface area contributed by atoms with Crippen molar-refractivity contribution < 1.29 is 24.3 Å². The number of ether oxygens (including phenoxy) is 1. The zero-order valence-electron chi connectivity index (χ0n) is 11.0. The van der Waals surface area contributed by atoms with Gasteiger partial charge in [0.2, 0.25) is 0 Å². The molecule has 0 aliphatic heterocycles. The molecule has 5 nitrogen and oxygen atoms in total. The molecule has 0 aromatic heterocycles. The Labute approximate surface area is 106 Å². The van der Waals surface area contributed by atoms with E-state index >= 15 is 0 Å². The van der Waals surface area contributed by atoms with E-state index in [4.69, 9.17) is 9.62 Å². The van der Waals surface area contributed by atoms with Gasteiger partial charge in [-0.05, 0) is 36.9 Å². The van der Waals surface area contributed by atoms with Gasteiger partial charge in [-0.15, -0.1) is 0 Å². The maximum absolute atomic E-state index is 11.2. The highest BCUT2D eigenvalue weighted by Crippen LogP contribution is 2.20. The summed E-state index contributed by atoms with van der Waals surface area (Å²) < 4.78 is 4.82. The number of hydrogen-bond acceptors (Lipinski definition) is 5. The molecule has 0 bridgehead atoms. The molecule has 0 radical (unpaired) electrons. The number of carbonyl (C=O) groups excluding carboxylic acids is 1. The fourth-order valence-corrected chi connectivity index (χ4v) is 0.830. The summed E-state index contributed by atoms with van der Waals surface area (Å²) in [4.78, 5) is 20.5. The highest BCUT2D eigenvalue weighted by Gasteiger charge is 2.26. The lowest BCUT2D eigenvalue weighted by molar-refractivity contribution is -0.519. The maximum atomic E-state index is 11.2. The van der Waals surface area contributed by atoms with E-state index in [-0.39, 0.29) is 5.92 Å². The van der Waals surface area contributed by atoms with Crippen molar-refractivity contribution >= 4 is 6.16 Å². The van der Waals surface area contributed by atoms with E-state index in [9.17, 15) is 4.79 Å². The van der Waals surface area contributed by atoms with Crippen LogP contribution in [0.2, 0.25) is 0 Å². The first kappa shape index (κ1) is 14.5. The first-order valence-electron chi connectivity index (χ1n) is 5.71. The Morgan fingerprint density at radius 2 is 1.78 bits per heavy atom. The zero-order valence-corrected chi connectivity index (χ0v) is 11.0. The minimum absolute atomic E-state index is 0.200. The van der Waals surface area contributed by atoms with Gasteiger partial charge in [0.05, 0.1) is 0 Å². The van der Waals surface area contributed by atoms with Crippen LogP contribution < -0.4 is 4.74 Å². The van der Waals surface area contributed by atoms with Crippen LogP contribution in [-0.2, 0) is 14.8 Å². The third-order valence-corrected chi connectivity index (χ3v) is 2.69. The van der Waals surface area contributed by atoms with Crippen LogP contribution in [0.15, 0.2) is 30.3 Å². The zero-order chi connectivity index (χ0) is 13.6. The van der Waals surface area contributed by atoms with Crippen molar-refractivity contribution in [3.05, 3.63) is 30.3 Å². The monoisotopic (exact) mass is 254 g/mol. The number of rotatable bonds is 5. The molecular formula is C13H18O5. The highest BCUT2D eigenvalue weighted by molar-refractivity contribution is 5.62. The minimum atomic E-state index is -0.985. The van der Waals surface area contributed by atoms with Gasteiger partial charge >= 0.3 is 6.16 Å². The molecule has 18 heavy (non-hydrogen) atoms. The molecular weight excluding hydrogens is 236 g/mol. The van der Waals surface area contributed by atoms with Crippen LogP contribution in [0.3, 0.4) is 0 Å². The number of para-hydroxylation sites is 1. The second kappa shape index (κ2) is 6.37. The lowest BCUT2D eigenvalue weighted by Gasteiger charge is -2.25. The van der Waals surface area contributed by atoms with Gasteiger partial charge in [-0.25, -0.2) is 9.68 Å². The number of benzene rings is 1. The quantitative estimate of drug-likeness (QED) is 0.348. The van der Waals surface area contributed by atoms with Gasteiger partial charge in [0.25, 0.3) is 0 Å². The third kappa shape index (κ3) is 4.73. The average Bonchev–Trinajstić information content (AvgIpc) is 2.29. The second-order valence-corrected chi connectivity index (χ2v) is 4.66. The second-order valence-electron chi connectivity index (χ2n) is 4.66. The van der Waals surface area contributed by atoms with Gasteiger partial charge in [0.1, 0.15) is 11.4 Å². The molecule has 0 saturated heterocycles. The Kier molecular flexibility index (Phi) is 5.12. The lowest BCUT2D eigenvalue weighted by Crippen LogP contribution is -2.31. The molecule has 1 rings (SSSR count). The summed E-state index contributed by atoms with van der Waals surface area (Å²) in [5, 5.41) is 4.42. The van der Waals surface area contributed by atoms with Crippen LogP contribution in [-0.4, -0.2) is 11.8 Å². The van der Waals surface area contributed by atoms with Gasteiger partial charge in [-0.2, -0.15) is 4.89 Å². The molecule has 0 aliphatic rings.